The number of rotatable bonds is 5. The Morgan fingerprint density at radius 2 is 1.70 bits per heavy atom. The minimum atomic E-state index is 0.167. The zero-order valence-corrected chi connectivity index (χ0v) is 14.5. The number of ether oxygens (including phenoxy) is 1. The summed E-state index contributed by atoms with van der Waals surface area (Å²) in [6, 6.07) is 0.926. The van der Waals surface area contributed by atoms with E-state index in [1.54, 1.807) is 0 Å². The van der Waals surface area contributed by atoms with Crippen LogP contribution < -0.4 is 5.32 Å². The van der Waals surface area contributed by atoms with Crippen LogP contribution in [0.2, 0.25) is 0 Å². The number of hydrogen-bond acceptors (Lipinski definition) is 3. The third-order valence-electron chi connectivity index (χ3n) is 5.68. The standard InChI is InChI=1S/C18H33N3O2/c22-18(19-16-6-2-3-7-16)21(17-8-14-23-15-9-17)13-12-20-10-4-1-5-11-20/h16-17H,1-15H2,(H,19,22). The van der Waals surface area contributed by atoms with Gasteiger partial charge < -0.3 is 19.9 Å². The summed E-state index contributed by atoms with van der Waals surface area (Å²) in [5, 5.41) is 3.29. The van der Waals surface area contributed by atoms with E-state index in [1.807, 2.05) is 0 Å². The first-order chi connectivity index (χ1) is 11.3. The molecule has 0 unspecified atom stereocenters. The molecule has 23 heavy (non-hydrogen) atoms. The highest BCUT2D eigenvalue weighted by Crippen LogP contribution is 2.20. The number of nitrogens with one attached hydrogen (secondary N) is 1. The van der Waals surface area contributed by atoms with E-state index in [-0.39, 0.29) is 6.03 Å². The fraction of sp³-hybridized carbons (Fsp3) is 0.944. The lowest BCUT2D eigenvalue weighted by Crippen LogP contribution is -2.52. The number of hydrogen-bond donors (Lipinski definition) is 1. The van der Waals surface area contributed by atoms with Crippen molar-refractivity contribution in [1.82, 2.24) is 15.1 Å². The number of piperidine rings is 1. The van der Waals surface area contributed by atoms with Crippen LogP contribution in [-0.4, -0.2) is 67.3 Å². The maximum atomic E-state index is 12.8. The van der Waals surface area contributed by atoms with Gasteiger partial charge in [0.2, 0.25) is 0 Å². The molecule has 2 heterocycles. The number of likely N-dealkylation sites (tertiary alicyclic amines) is 1. The Morgan fingerprint density at radius 1 is 1.00 bits per heavy atom. The predicted octanol–water partition coefficient (Wildman–Crippen LogP) is 2.61. The second-order valence-electron chi connectivity index (χ2n) is 7.37. The maximum Gasteiger partial charge on any atom is 0.317 e. The molecule has 0 bridgehead atoms. The van der Waals surface area contributed by atoms with Crippen molar-refractivity contribution in [2.24, 2.45) is 0 Å². The van der Waals surface area contributed by atoms with E-state index in [2.05, 4.69) is 15.1 Å². The molecule has 1 N–H and O–H groups in total. The van der Waals surface area contributed by atoms with E-state index < -0.39 is 0 Å². The van der Waals surface area contributed by atoms with Gasteiger partial charge in [-0.2, -0.15) is 0 Å². The Bertz CT molecular complexity index is 359. The van der Waals surface area contributed by atoms with Gasteiger partial charge in [0.25, 0.3) is 0 Å². The van der Waals surface area contributed by atoms with Crippen molar-refractivity contribution >= 4 is 6.03 Å². The quantitative estimate of drug-likeness (QED) is 0.846. The number of urea groups is 1. The van der Waals surface area contributed by atoms with Gasteiger partial charge in [0.05, 0.1) is 0 Å². The summed E-state index contributed by atoms with van der Waals surface area (Å²) in [5.74, 6) is 0. The van der Waals surface area contributed by atoms with Gasteiger partial charge in [0.15, 0.2) is 0 Å². The Morgan fingerprint density at radius 3 is 2.39 bits per heavy atom. The van der Waals surface area contributed by atoms with Gasteiger partial charge >= 0.3 is 6.03 Å². The molecule has 0 aromatic heterocycles. The fourth-order valence-corrected chi connectivity index (χ4v) is 4.21. The van der Waals surface area contributed by atoms with E-state index in [0.29, 0.717) is 12.1 Å². The molecular weight excluding hydrogens is 290 g/mol. The van der Waals surface area contributed by atoms with Crippen molar-refractivity contribution in [3.63, 3.8) is 0 Å². The summed E-state index contributed by atoms with van der Waals surface area (Å²) >= 11 is 0. The van der Waals surface area contributed by atoms with Crippen LogP contribution in [0.4, 0.5) is 4.79 Å². The molecule has 132 valence electrons. The SMILES string of the molecule is O=C(NC1CCCC1)N(CCN1CCCCC1)C1CCOCC1. The predicted molar refractivity (Wildman–Crippen MR) is 91.6 cm³/mol. The van der Waals surface area contributed by atoms with E-state index >= 15 is 0 Å². The molecule has 3 aliphatic rings. The van der Waals surface area contributed by atoms with E-state index in [4.69, 9.17) is 4.74 Å². The normalized spacial score (nSPS) is 24.7. The Hall–Kier alpha value is -0.810. The van der Waals surface area contributed by atoms with Crippen LogP contribution in [0.25, 0.3) is 0 Å². The largest absolute Gasteiger partial charge is 0.381 e. The molecule has 5 heteroatoms. The molecule has 2 saturated heterocycles. The highest BCUT2D eigenvalue weighted by molar-refractivity contribution is 5.75. The Kier molecular flexibility index (Phi) is 6.57. The van der Waals surface area contributed by atoms with Crippen molar-refractivity contribution in [2.45, 2.75) is 69.9 Å². The van der Waals surface area contributed by atoms with Crippen molar-refractivity contribution in [2.75, 3.05) is 39.4 Å². The second kappa shape index (κ2) is 8.88. The molecule has 0 aromatic rings. The third-order valence-corrected chi connectivity index (χ3v) is 5.68. The summed E-state index contributed by atoms with van der Waals surface area (Å²) in [5.41, 5.74) is 0. The summed E-state index contributed by atoms with van der Waals surface area (Å²) < 4.78 is 5.49. The van der Waals surface area contributed by atoms with E-state index in [0.717, 1.165) is 52.0 Å². The minimum absolute atomic E-state index is 0.167. The molecule has 2 aliphatic heterocycles. The minimum Gasteiger partial charge on any atom is -0.381 e. The zero-order chi connectivity index (χ0) is 15.9. The van der Waals surface area contributed by atoms with Gasteiger partial charge in [-0.3, -0.25) is 0 Å². The highest BCUT2D eigenvalue weighted by Gasteiger charge is 2.28. The van der Waals surface area contributed by atoms with E-state index in [1.165, 1.54) is 45.2 Å². The average Bonchev–Trinajstić information content (AvgIpc) is 3.10. The van der Waals surface area contributed by atoms with Crippen LogP contribution in [0.1, 0.15) is 57.8 Å². The van der Waals surface area contributed by atoms with Crippen LogP contribution in [-0.2, 0) is 4.74 Å². The summed E-state index contributed by atoms with van der Waals surface area (Å²) in [6.45, 7) is 5.87. The molecule has 0 atom stereocenters. The molecule has 1 aliphatic carbocycles. The van der Waals surface area contributed by atoms with Crippen LogP contribution in [0.3, 0.4) is 0 Å². The molecule has 2 amide bonds. The zero-order valence-electron chi connectivity index (χ0n) is 14.5. The van der Waals surface area contributed by atoms with Crippen molar-refractivity contribution < 1.29 is 9.53 Å². The summed E-state index contributed by atoms with van der Waals surface area (Å²) in [4.78, 5) is 17.5. The molecule has 3 fully saturated rings. The molecule has 0 radical (unpaired) electrons. The van der Waals surface area contributed by atoms with Gasteiger partial charge in [-0.1, -0.05) is 19.3 Å². The highest BCUT2D eigenvalue weighted by atomic mass is 16.5. The van der Waals surface area contributed by atoms with Gasteiger partial charge in [-0.05, 0) is 51.6 Å². The van der Waals surface area contributed by atoms with Crippen LogP contribution >= 0.6 is 0 Å². The first-order valence-electron chi connectivity index (χ1n) is 9.70. The lowest BCUT2D eigenvalue weighted by molar-refractivity contribution is 0.0420. The molecular formula is C18H33N3O2. The lowest BCUT2D eigenvalue weighted by Gasteiger charge is -2.37. The van der Waals surface area contributed by atoms with Crippen LogP contribution in [0.5, 0.6) is 0 Å². The van der Waals surface area contributed by atoms with Gasteiger partial charge in [-0.25, -0.2) is 4.79 Å². The Balaban J connectivity index is 1.54. The van der Waals surface area contributed by atoms with Crippen molar-refractivity contribution in [3.8, 4) is 0 Å². The van der Waals surface area contributed by atoms with Gasteiger partial charge in [0.1, 0.15) is 0 Å². The van der Waals surface area contributed by atoms with E-state index in [9.17, 15) is 4.79 Å². The monoisotopic (exact) mass is 323 g/mol. The smallest absolute Gasteiger partial charge is 0.317 e. The first kappa shape index (κ1) is 17.0. The molecule has 3 rings (SSSR count). The summed E-state index contributed by atoms with van der Waals surface area (Å²) in [7, 11) is 0. The Labute approximate surface area is 140 Å². The topological polar surface area (TPSA) is 44.8 Å². The summed E-state index contributed by atoms with van der Waals surface area (Å²) in [6.07, 6.45) is 10.8. The number of amides is 2. The fourth-order valence-electron chi connectivity index (χ4n) is 4.21. The van der Waals surface area contributed by atoms with Crippen LogP contribution in [0.15, 0.2) is 0 Å². The number of carbonyl (C=O) groups excluding carboxylic acids is 1. The van der Waals surface area contributed by atoms with Crippen molar-refractivity contribution in [3.05, 3.63) is 0 Å². The van der Waals surface area contributed by atoms with Crippen LogP contribution in [0, 0.1) is 0 Å². The number of nitrogens with zero attached hydrogens (tertiary/aromatic N) is 2. The second-order valence-corrected chi connectivity index (χ2v) is 7.37. The van der Waals surface area contributed by atoms with Crippen molar-refractivity contribution in [1.29, 1.82) is 0 Å². The van der Waals surface area contributed by atoms with Gasteiger partial charge in [-0.15, -0.1) is 0 Å². The maximum absolute atomic E-state index is 12.8. The number of carbonyl (C=O) groups is 1. The lowest BCUT2D eigenvalue weighted by atomic mass is 10.1. The molecule has 5 nitrogen and oxygen atoms in total. The molecule has 0 aromatic carbocycles. The third kappa shape index (κ3) is 5.08. The van der Waals surface area contributed by atoms with Gasteiger partial charge in [0, 0.05) is 38.4 Å². The first-order valence-corrected chi connectivity index (χ1v) is 9.70. The molecule has 0 spiro atoms. The molecule has 1 saturated carbocycles. The average molecular weight is 323 g/mol.